The Bertz CT molecular complexity index is 311. The summed E-state index contributed by atoms with van der Waals surface area (Å²) in [5.74, 6) is 0.934. The average Bonchev–Trinajstić information content (AvgIpc) is 2.64. The van der Waals surface area contributed by atoms with E-state index >= 15 is 0 Å². The molecule has 1 aliphatic rings. The minimum Gasteiger partial charge on any atom is -0.395 e. The van der Waals surface area contributed by atoms with Gasteiger partial charge in [0.15, 0.2) is 0 Å². The molecule has 0 saturated carbocycles. The largest absolute Gasteiger partial charge is 0.395 e. The minimum absolute atomic E-state index is 0.0511. The smallest absolute Gasteiger partial charge is 0.0868 e. The molecule has 1 saturated heterocycles. The van der Waals surface area contributed by atoms with Crippen LogP contribution in [-0.4, -0.2) is 35.0 Å². The molecule has 1 aliphatic heterocycles. The van der Waals surface area contributed by atoms with E-state index in [1.165, 1.54) is 96.3 Å². The van der Waals surface area contributed by atoms with Gasteiger partial charge in [0.05, 0.1) is 18.8 Å². The van der Waals surface area contributed by atoms with Gasteiger partial charge in [-0.15, -0.1) is 0 Å². The fourth-order valence-electron chi connectivity index (χ4n) is 4.21. The lowest BCUT2D eigenvalue weighted by Crippen LogP contribution is -2.66. The van der Waals surface area contributed by atoms with Gasteiger partial charge in [0, 0.05) is 6.04 Å². The molecule has 0 aromatic carbocycles. The van der Waals surface area contributed by atoms with Crippen LogP contribution in [0.15, 0.2) is 0 Å². The Morgan fingerprint density at radius 3 is 1.73 bits per heavy atom. The number of nitrogens with one attached hydrogen (secondary N) is 1. The van der Waals surface area contributed by atoms with E-state index in [9.17, 15) is 5.11 Å². The lowest BCUT2D eigenvalue weighted by Gasteiger charge is -2.42. The van der Waals surface area contributed by atoms with Crippen LogP contribution in [-0.2, 0) is 0 Å². The Labute approximate surface area is 163 Å². The molecule has 3 nitrogen and oxygen atoms in total. The lowest BCUT2D eigenvalue weighted by molar-refractivity contribution is -0.0192. The second kappa shape index (κ2) is 15.9. The number of hydrogen-bond acceptors (Lipinski definition) is 3. The van der Waals surface area contributed by atoms with Crippen molar-refractivity contribution in [2.75, 3.05) is 6.61 Å². The molecule has 3 N–H and O–H groups in total. The molecular formula is C23H47NO2. The number of aliphatic hydroxyl groups excluding tert-OH is 2. The molecule has 0 spiro atoms. The second-order valence-corrected chi connectivity index (χ2v) is 8.77. The van der Waals surface area contributed by atoms with E-state index in [4.69, 9.17) is 5.11 Å². The topological polar surface area (TPSA) is 52.5 Å². The van der Waals surface area contributed by atoms with Gasteiger partial charge in [-0.1, -0.05) is 110 Å². The highest BCUT2D eigenvalue weighted by molar-refractivity contribution is 4.97. The summed E-state index contributed by atoms with van der Waals surface area (Å²) in [5.41, 5.74) is 0. The normalized spacial score (nSPS) is 23.8. The first-order valence-electron chi connectivity index (χ1n) is 11.7. The summed E-state index contributed by atoms with van der Waals surface area (Å²) < 4.78 is 0. The Kier molecular flexibility index (Phi) is 14.6. The molecule has 0 unspecified atom stereocenters. The van der Waals surface area contributed by atoms with E-state index in [1.54, 1.807) is 0 Å². The van der Waals surface area contributed by atoms with Gasteiger partial charge in [0.25, 0.3) is 0 Å². The van der Waals surface area contributed by atoms with Gasteiger partial charge in [-0.05, 0) is 12.3 Å². The molecule has 0 radical (unpaired) electrons. The molecule has 4 atom stereocenters. The van der Waals surface area contributed by atoms with Crippen LogP contribution in [0.1, 0.15) is 117 Å². The van der Waals surface area contributed by atoms with Crippen molar-refractivity contribution in [3.63, 3.8) is 0 Å². The van der Waals surface area contributed by atoms with Crippen molar-refractivity contribution in [2.24, 2.45) is 5.92 Å². The quantitative estimate of drug-likeness (QED) is 0.277. The van der Waals surface area contributed by atoms with E-state index in [0.717, 1.165) is 12.3 Å². The molecule has 156 valence electrons. The van der Waals surface area contributed by atoms with Gasteiger partial charge in [-0.25, -0.2) is 0 Å². The molecule has 26 heavy (non-hydrogen) atoms. The first-order chi connectivity index (χ1) is 12.7. The average molecular weight is 370 g/mol. The Morgan fingerprint density at radius 1 is 0.731 bits per heavy atom. The first-order valence-corrected chi connectivity index (χ1v) is 11.7. The van der Waals surface area contributed by atoms with Crippen LogP contribution >= 0.6 is 0 Å². The molecule has 3 heteroatoms. The van der Waals surface area contributed by atoms with Crippen LogP contribution in [0.3, 0.4) is 0 Å². The summed E-state index contributed by atoms with van der Waals surface area (Å²) >= 11 is 0. The molecule has 0 bridgehead atoms. The van der Waals surface area contributed by atoms with Gasteiger partial charge >= 0.3 is 0 Å². The Hall–Kier alpha value is -0.120. The van der Waals surface area contributed by atoms with Crippen molar-refractivity contribution in [1.29, 1.82) is 0 Å². The van der Waals surface area contributed by atoms with Crippen LogP contribution in [0.4, 0.5) is 0 Å². The maximum atomic E-state index is 9.79. The Balaban J connectivity index is 1.74. The third kappa shape index (κ3) is 10.9. The number of rotatable bonds is 18. The highest BCUT2D eigenvalue weighted by Crippen LogP contribution is 2.20. The second-order valence-electron chi connectivity index (χ2n) is 8.77. The molecule has 0 aliphatic carbocycles. The van der Waals surface area contributed by atoms with Crippen LogP contribution in [0.5, 0.6) is 0 Å². The van der Waals surface area contributed by atoms with Crippen molar-refractivity contribution >= 4 is 0 Å². The fraction of sp³-hybridized carbons (Fsp3) is 1.00. The van der Waals surface area contributed by atoms with Crippen molar-refractivity contribution in [3.8, 4) is 0 Å². The van der Waals surface area contributed by atoms with E-state index in [2.05, 4.69) is 19.2 Å². The summed E-state index contributed by atoms with van der Waals surface area (Å²) in [6.07, 6.45) is 21.5. The highest BCUT2D eigenvalue weighted by atomic mass is 16.3. The molecule has 0 aromatic rings. The van der Waals surface area contributed by atoms with Gasteiger partial charge in [-0.2, -0.15) is 0 Å². The predicted molar refractivity (Wildman–Crippen MR) is 113 cm³/mol. The summed E-state index contributed by atoms with van der Waals surface area (Å²) in [5, 5.41) is 22.0. The van der Waals surface area contributed by atoms with Crippen LogP contribution in [0, 0.1) is 5.92 Å². The SMILES string of the molecule is CCCCCC[C@@H](C)CCCCCCCCCCC[C@@H]1N[C@@H](CO)[C@@H]1O. The van der Waals surface area contributed by atoms with Crippen molar-refractivity contribution < 1.29 is 10.2 Å². The van der Waals surface area contributed by atoms with Crippen molar-refractivity contribution in [2.45, 2.75) is 135 Å². The summed E-state index contributed by atoms with van der Waals surface area (Å²) in [7, 11) is 0. The standard InChI is InChI=1S/C23H47NO2/c1-3-4-5-13-16-20(2)17-14-11-9-7-6-8-10-12-15-18-21-23(26)22(19-25)24-21/h20-26H,3-19H2,1-2H3/t20-,21+,22+,23-/m1/s1. The van der Waals surface area contributed by atoms with Crippen LogP contribution in [0.2, 0.25) is 0 Å². The number of unbranched alkanes of at least 4 members (excludes halogenated alkanes) is 11. The van der Waals surface area contributed by atoms with Crippen molar-refractivity contribution in [3.05, 3.63) is 0 Å². The first kappa shape index (κ1) is 23.9. The zero-order valence-corrected chi connectivity index (χ0v) is 17.7. The number of hydrogen-bond donors (Lipinski definition) is 3. The third-order valence-electron chi connectivity index (χ3n) is 6.21. The summed E-state index contributed by atoms with van der Waals surface area (Å²) in [6, 6.07) is 0.144. The van der Waals surface area contributed by atoms with Crippen molar-refractivity contribution in [1.82, 2.24) is 5.32 Å². The zero-order valence-electron chi connectivity index (χ0n) is 17.7. The van der Waals surface area contributed by atoms with Gasteiger partial charge in [0.2, 0.25) is 0 Å². The molecular weight excluding hydrogens is 322 g/mol. The van der Waals surface area contributed by atoms with E-state index in [-0.39, 0.29) is 24.8 Å². The molecule has 0 amide bonds. The maximum absolute atomic E-state index is 9.79. The van der Waals surface area contributed by atoms with Gasteiger partial charge < -0.3 is 15.5 Å². The number of aliphatic hydroxyl groups is 2. The zero-order chi connectivity index (χ0) is 19.0. The maximum Gasteiger partial charge on any atom is 0.0868 e. The van der Waals surface area contributed by atoms with Gasteiger partial charge in [0.1, 0.15) is 0 Å². The molecule has 1 heterocycles. The summed E-state index contributed by atoms with van der Waals surface area (Å²) in [6.45, 7) is 4.78. The molecule has 0 aromatic heterocycles. The molecule has 1 rings (SSSR count). The van der Waals surface area contributed by atoms with E-state index < -0.39 is 0 Å². The highest BCUT2D eigenvalue weighted by Gasteiger charge is 2.37. The van der Waals surface area contributed by atoms with E-state index in [0.29, 0.717) is 0 Å². The summed E-state index contributed by atoms with van der Waals surface area (Å²) in [4.78, 5) is 0. The fourth-order valence-corrected chi connectivity index (χ4v) is 4.21. The van der Waals surface area contributed by atoms with E-state index in [1.807, 2.05) is 0 Å². The third-order valence-corrected chi connectivity index (χ3v) is 6.21. The van der Waals surface area contributed by atoms with Crippen LogP contribution < -0.4 is 5.32 Å². The monoisotopic (exact) mass is 369 g/mol. The van der Waals surface area contributed by atoms with Crippen LogP contribution in [0.25, 0.3) is 0 Å². The predicted octanol–water partition coefficient (Wildman–Crippen LogP) is 5.58. The minimum atomic E-state index is -0.334. The molecule has 1 fully saturated rings. The Morgan fingerprint density at radius 2 is 1.23 bits per heavy atom. The van der Waals surface area contributed by atoms with Gasteiger partial charge in [-0.3, -0.25) is 0 Å². The lowest BCUT2D eigenvalue weighted by atomic mass is 9.89.